The summed E-state index contributed by atoms with van der Waals surface area (Å²) in [6, 6.07) is 3.83. The Balaban J connectivity index is 3.87. The zero-order valence-electron chi connectivity index (χ0n) is 14.4. The van der Waals surface area contributed by atoms with E-state index in [0.29, 0.717) is 0 Å². The number of hydrogen-bond acceptors (Lipinski definition) is 2. The van der Waals surface area contributed by atoms with Gasteiger partial charge in [0.05, 0.1) is 4.90 Å². The molecule has 0 fully saturated rings. The predicted octanol–water partition coefficient (Wildman–Crippen LogP) is 5.59. The summed E-state index contributed by atoms with van der Waals surface area (Å²) in [4.78, 5) is -1.01. The van der Waals surface area contributed by atoms with Crippen molar-refractivity contribution < 1.29 is 34.8 Å². The summed E-state index contributed by atoms with van der Waals surface area (Å²) >= 11 is 0. The lowest BCUT2D eigenvalue weighted by atomic mass is 9.95. The number of hydrogen-bond donors (Lipinski definition) is 0. The van der Waals surface area contributed by atoms with Crippen LogP contribution in [0.1, 0.15) is 57.6 Å². The van der Waals surface area contributed by atoms with Crippen LogP contribution in [0.4, 0.5) is 26.3 Å². The van der Waals surface area contributed by atoms with Gasteiger partial charge < -0.3 is 0 Å². The second kappa shape index (κ2) is 6.48. The maximum Gasteiger partial charge on any atom is 0.417 e. The van der Waals surface area contributed by atoms with Gasteiger partial charge in [-0.05, 0) is 23.0 Å². The van der Waals surface area contributed by atoms with E-state index in [-0.39, 0.29) is 11.1 Å². The SMILES string of the molecule is CC(C)c1cccc(C(C)C)c1S(=O)(=O)C(F)(F)C(F)(F)C(C)(F)F. The molecule has 144 valence electrons. The predicted molar refractivity (Wildman–Crippen MR) is 82.3 cm³/mol. The van der Waals surface area contributed by atoms with Crippen molar-refractivity contribution >= 4 is 9.84 Å². The van der Waals surface area contributed by atoms with Gasteiger partial charge in [-0.2, -0.15) is 26.3 Å². The van der Waals surface area contributed by atoms with Gasteiger partial charge in [0.2, 0.25) is 0 Å². The Hall–Kier alpha value is -1.25. The highest BCUT2D eigenvalue weighted by molar-refractivity contribution is 7.92. The fraction of sp³-hybridized carbons (Fsp3) is 0.625. The molecular formula is C16H20F6O2S. The fourth-order valence-electron chi connectivity index (χ4n) is 2.35. The molecule has 0 aliphatic carbocycles. The van der Waals surface area contributed by atoms with E-state index in [2.05, 4.69) is 0 Å². The molecule has 25 heavy (non-hydrogen) atoms. The number of halogens is 6. The van der Waals surface area contributed by atoms with Crippen molar-refractivity contribution in [3.8, 4) is 0 Å². The molecule has 2 nitrogen and oxygen atoms in total. The lowest BCUT2D eigenvalue weighted by Crippen LogP contribution is -2.56. The van der Waals surface area contributed by atoms with Gasteiger partial charge in [-0.1, -0.05) is 45.9 Å². The number of rotatable bonds is 6. The van der Waals surface area contributed by atoms with Crippen LogP contribution in [-0.2, 0) is 9.84 Å². The molecule has 0 heterocycles. The highest BCUT2D eigenvalue weighted by Gasteiger charge is 2.75. The normalized spacial score (nSPS) is 14.4. The largest absolute Gasteiger partial charge is 0.417 e. The van der Waals surface area contributed by atoms with Crippen molar-refractivity contribution in [1.82, 2.24) is 0 Å². The van der Waals surface area contributed by atoms with Crippen LogP contribution in [0.3, 0.4) is 0 Å². The van der Waals surface area contributed by atoms with Gasteiger partial charge in [-0.15, -0.1) is 0 Å². The van der Waals surface area contributed by atoms with E-state index in [1.54, 1.807) is 0 Å². The first kappa shape index (κ1) is 21.8. The molecule has 0 saturated carbocycles. The van der Waals surface area contributed by atoms with Crippen LogP contribution in [0, 0.1) is 0 Å². The van der Waals surface area contributed by atoms with Crippen molar-refractivity contribution in [2.24, 2.45) is 0 Å². The van der Waals surface area contributed by atoms with E-state index in [4.69, 9.17) is 0 Å². The summed E-state index contributed by atoms with van der Waals surface area (Å²) in [5, 5.41) is -5.98. The van der Waals surface area contributed by atoms with E-state index in [9.17, 15) is 34.8 Å². The van der Waals surface area contributed by atoms with Crippen molar-refractivity contribution in [3.63, 3.8) is 0 Å². The summed E-state index contributed by atoms with van der Waals surface area (Å²) in [5.74, 6) is -12.5. The van der Waals surface area contributed by atoms with Crippen molar-refractivity contribution in [2.75, 3.05) is 0 Å². The standard InChI is InChI=1S/C16H20F6O2S/c1-9(2)11-7-6-8-12(10(3)4)13(11)25(23,24)16(21,22)15(19,20)14(5,17)18/h6-10H,1-5H3. The summed E-state index contributed by atoms with van der Waals surface area (Å²) < 4.78 is 107. The molecule has 0 N–H and O–H groups in total. The van der Waals surface area contributed by atoms with Crippen molar-refractivity contribution in [2.45, 2.75) is 68.4 Å². The number of benzene rings is 1. The van der Waals surface area contributed by atoms with Gasteiger partial charge in [-0.25, -0.2) is 8.42 Å². The fourth-order valence-corrected chi connectivity index (χ4v) is 4.35. The first-order chi connectivity index (χ1) is 11.0. The quantitative estimate of drug-likeness (QED) is 0.594. The summed E-state index contributed by atoms with van der Waals surface area (Å²) in [7, 11) is -6.09. The molecular weight excluding hydrogens is 370 g/mol. The monoisotopic (exact) mass is 390 g/mol. The summed E-state index contributed by atoms with van der Waals surface area (Å²) in [5.41, 5.74) is -0.248. The Morgan fingerprint density at radius 1 is 0.840 bits per heavy atom. The third-order valence-corrected chi connectivity index (χ3v) is 5.78. The zero-order valence-corrected chi connectivity index (χ0v) is 15.2. The van der Waals surface area contributed by atoms with Crippen LogP contribution in [-0.4, -0.2) is 25.5 Å². The Morgan fingerprint density at radius 3 is 1.48 bits per heavy atom. The molecule has 0 aromatic heterocycles. The molecule has 0 amide bonds. The second-order valence-corrected chi connectivity index (χ2v) is 8.49. The smallest absolute Gasteiger partial charge is 0.217 e. The van der Waals surface area contributed by atoms with Gasteiger partial charge in [0.15, 0.2) is 0 Å². The van der Waals surface area contributed by atoms with Gasteiger partial charge in [0.25, 0.3) is 9.84 Å². The molecule has 0 aliphatic heterocycles. The van der Waals surface area contributed by atoms with Crippen LogP contribution >= 0.6 is 0 Å². The molecule has 0 spiro atoms. The van der Waals surface area contributed by atoms with E-state index < -0.39 is 50.6 Å². The topological polar surface area (TPSA) is 34.1 Å². The lowest BCUT2D eigenvalue weighted by Gasteiger charge is -2.32. The Bertz CT molecular complexity index is 707. The molecule has 9 heteroatoms. The van der Waals surface area contributed by atoms with Crippen LogP contribution in [0.5, 0.6) is 0 Å². The summed E-state index contributed by atoms with van der Waals surface area (Å²) in [6.45, 7) is 5.52. The van der Waals surface area contributed by atoms with Crippen LogP contribution in [0.2, 0.25) is 0 Å². The summed E-state index contributed by atoms with van der Waals surface area (Å²) in [6.07, 6.45) is 0. The van der Waals surface area contributed by atoms with Gasteiger partial charge in [-0.3, -0.25) is 0 Å². The third-order valence-electron chi connectivity index (χ3n) is 3.84. The molecule has 1 aromatic carbocycles. The van der Waals surface area contributed by atoms with Crippen LogP contribution in [0.25, 0.3) is 0 Å². The highest BCUT2D eigenvalue weighted by Crippen LogP contribution is 2.51. The lowest BCUT2D eigenvalue weighted by molar-refractivity contribution is -0.271. The highest BCUT2D eigenvalue weighted by atomic mass is 32.2. The number of sulfone groups is 1. The molecule has 0 atom stereocenters. The molecule has 0 aliphatic rings. The molecule has 0 saturated heterocycles. The van der Waals surface area contributed by atoms with E-state index in [1.807, 2.05) is 0 Å². The van der Waals surface area contributed by atoms with E-state index >= 15 is 0 Å². The Kier molecular flexibility index (Phi) is 5.65. The van der Waals surface area contributed by atoms with Crippen LogP contribution in [0.15, 0.2) is 23.1 Å². The maximum absolute atomic E-state index is 14.2. The maximum atomic E-state index is 14.2. The Morgan fingerprint density at radius 2 is 1.20 bits per heavy atom. The first-order valence-corrected chi connectivity index (χ1v) is 8.99. The van der Waals surface area contributed by atoms with Gasteiger partial charge in [0, 0.05) is 6.92 Å². The molecule has 0 unspecified atom stereocenters. The zero-order chi connectivity index (χ0) is 20.0. The molecule has 1 aromatic rings. The van der Waals surface area contributed by atoms with E-state index in [0.717, 1.165) is 0 Å². The average Bonchev–Trinajstić information content (AvgIpc) is 2.44. The number of alkyl halides is 6. The van der Waals surface area contributed by atoms with Crippen molar-refractivity contribution in [3.05, 3.63) is 29.3 Å². The Labute approximate surface area is 143 Å². The second-order valence-electron chi connectivity index (χ2n) is 6.56. The third kappa shape index (κ3) is 3.39. The van der Waals surface area contributed by atoms with Gasteiger partial charge in [0.1, 0.15) is 0 Å². The van der Waals surface area contributed by atoms with E-state index in [1.165, 1.54) is 45.9 Å². The van der Waals surface area contributed by atoms with Crippen molar-refractivity contribution in [1.29, 1.82) is 0 Å². The van der Waals surface area contributed by atoms with Crippen LogP contribution < -0.4 is 0 Å². The average molecular weight is 390 g/mol. The van der Waals surface area contributed by atoms with Gasteiger partial charge >= 0.3 is 17.1 Å². The minimum absolute atomic E-state index is 0.124. The minimum atomic E-state index is -6.09. The minimum Gasteiger partial charge on any atom is -0.217 e. The first-order valence-electron chi connectivity index (χ1n) is 7.51. The molecule has 0 radical (unpaired) electrons. The molecule has 0 bridgehead atoms. The molecule has 1 rings (SSSR count).